The monoisotopic (exact) mass is 639 g/mol. The maximum absolute atomic E-state index is 15.1. The van der Waals surface area contributed by atoms with Crippen LogP contribution in [0.4, 0.5) is 17.6 Å². The molecule has 0 bridgehead atoms. The van der Waals surface area contributed by atoms with Crippen molar-refractivity contribution >= 4 is 46.7 Å². The van der Waals surface area contributed by atoms with Gasteiger partial charge in [0.25, 0.3) is 5.91 Å². The molecule has 0 aliphatic heterocycles. The summed E-state index contributed by atoms with van der Waals surface area (Å²) in [5.41, 5.74) is 0.299. The Balaban J connectivity index is 0.000000745. The van der Waals surface area contributed by atoms with E-state index in [1.165, 1.54) is 30.3 Å². The van der Waals surface area contributed by atoms with Crippen molar-refractivity contribution in [2.24, 2.45) is 0 Å². The number of hydrogen-bond donors (Lipinski definition) is 4. The van der Waals surface area contributed by atoms with Gasteiger partial charge in [-0.15, -0.1) is 0 Å². The number of carboxylic acids is 1. The van der Waals surface area contributed by atoms with Crippen LogP contribution in [-0.4, -0.2) is 63.3 Å². The molecule has 1 aromatic heterocycles. The molecule has 0 saturated heterocycles. The van der Waals surface area contributed by atoms with Gasteiger partial charge in [-0.1, -0.05) is 40.9 Å². The van der Waals surface area contributed by atoms with Gasteiger partial charge in [-0.05, 0) is 31.3 Å². The molecule has 41 heavy (non-hydrogen) atoms. The minimum absolute atomic E-state index is 0.00181. The topological polar surface area (TPSA) is 152 Å². The van der Waals surface area contributed by atoms with Crippen molar-refractivity contribution in [2.45, 2.75) is 19.3 Å². The van der Waals surface area contributed by atoms with Gasteiger partial charge in [-0.25, -0.2) is 14.2 Å². The zero-order chi connectivity index (χ0) is 30.9. The number of benzene rings is 2. The Morgan fingerprint density at radius 1 is 1.22 bits per heavy atom. The van der Waals surface area contributed by atoms with Crippen LogP contribution >= 0.6 is 34.8 Å². The van der Waals surface area contributed by atoms with Gasteiger partial charge in [0.2, 0.25) is 0 Å². The number of rotatable bonds is 9. The molecule has 10 nitrogen and oxygen atoms in total. The summed E-state index contributed by atoms with van der Waals surface area (Å²) in [5.74, 6) is -3.85. The van der Waals surface area contributed by atoms with E-state index in [2.05, 4.69) is 15.3 Å². The van der Waals surface area contributed by atoms with Crippen molar-refractivity contribution in [3.8, 4) is 17.6 Å². The zero-order valence-corrected chi connectivity index (χ0v) is 23.1. The highest BCUT2D eigenvalue weighted by atomic mass is 35.5. The Morgan fingerprint density at radius 2 is 1.88 bits per heavy atom. The summed E-state index contributed by atoms with van der Waals surface area (Å²) in [6.45, 7) is 0.553. The van der Waals surface area contributed by atoms with Crippen LogP contribution in [0.2, 0.25) is 15.2 Å². The number of ether oxygens (including phenoxy) is 1. The van der Waals surface area contributed by atoms with Gasteiger partial charge >= 0.3 is 12.1 Å². The molecule has 3 aromatic rings. The molecule has 0 spiro atoms. The number of aromatic amines is 1. The first-order valence-electron chi connectivity index (χ1n) is 11.1. The molecule has 1 amide bonds. The lowest BCUT2D eigenvalue weighted by Gasteiger charge is -2.13. The second kappa shape index (κ2) is 14.9. The molecular weight excluding hydrogens is 621 g/mol. The molecule has 0 fully saturated rings. The van der Waals surface area contributed by atoms with Crippen molar-refractivity contribution < 1.29 is 42.1 Å². The normalized spacial score (nSPS) is 11.0. The number of aliphatic hydroxyl groups excluding tert-OH is 1. The highest BCUT2D eigenvalue weighted by Gasteiger charge is 2.38. The van der Waals surface area contributed by atoms with Gasteiger partial charge in [0.05, 0.1) is 29.8 Å². The first-order valence-corrected chi connectivity index (χ1v) is 12.3. The number of carbonyl (C=O) groups excluding carboxylic acids is 1. The third-order valence-corrected chi connectivity index (χ3v) is 5.65. The highest BCUT2D eigenvalue weighted by molar-refractivity contribution is 6.32. The molecule has 0 aliphatic rings. The molecule has 1 heterocycles. The smallest absolute Gasteiger partial charge is 0.475 e. The summed E-state index contributed by atoms with van der Waals surface area (Å²) >= 11 is 18.2. The van der Waals surface area contributed by atoms with Crippen molar-refractivity contribution in [2.75, 3.05) is 20.2 Å². The number of alkyl halides is 3. The number of likely N-dealkylation sites (N-methyl/N-ethyl adjacent to an activating group) is 1. The van der Waals surface area contributed by atoms with Crippen LogP contribution in [0, 0.1) is 17.1 Å². The molecule has 4 N–H and O–H groups in total. The first kappa shape index (κ1) is 33.6. The van der Waals surface area contributed by atoms with Crippen molar-refractivity contribution in [3.63, 3.8) is 0 Å². The van der Waals surface area contributed by atoms with E-state index in [1.807, 2.05) is 6.07 Å². The van der Waals surface area contributed by atoms with Gasteiger partial charge in [0.15, 0.2) is 17.3 Å². The zero-order valence-electron chi connectivity index (χ0n) is 20.8. The maximum Gasteiger partial charge on any atom is 0.490 e. The van der Waals surface area contributed by atoms with E-state index in [1.54, 1.807) is 11.9 Å². The highest BCUT2D eigenvalue weighted by Crippen LogP contribution is 2.35. The molecule has 0 aliphatic carbocycles. The van der Waals surface area contributed by atoms with E-state index in [0.717, 1.165) is 0 Å². The van der Waals surface area contributed by atoms with Gasteiger partial charge in [-0.2, -0.15) is 18.4 Å². The van der Waals surface area contributed by atoms with E-state index < -0.39 is 23.9 Å². The lowest BCUT2D eigenvalue weighted by Crippen LogP contribution is -2.24. The summed E-state index contributed by atoms with van der Waals surface area (Å²) in [6, 6.07) is 9.02. The van der Waals surface area contributed by atoms with Crippen LogP contribution in [0.3, 0.4) is 0 Å². The average molecular weight is 641 g/mol. The Hall–Kier alpha value is -3.61. The van der Waals surface area contributed by atoms with E-state index in [9.17, 15) is 18.0 Å². The van der Waals surface area contributed by atoms with Gasteiger partial charge in [0.1, 0.15) is 16.7 Å². The van der Waals surface area contributed by atoms with Crippen LogP contribution in [0.5, 0.6) is 11.5 Å². The molecule has 0 saturated carbocycles. The van der Waals surface area contributed by atoms with Crippen LogP contribution < -0.4 is 10.1 Å². The van der Waals surface area contributed by atoms with Crippen LogP contribution in [-0.2, 0) is 17.9 Å². The fourth-order valence-corrected chi connectivity index (χ4v) is 3.64. The summed E-state index contributed by atoms with van der Waals surface area (Å²) in [7, 11) is 1.78. The number of aromatic nitrogens is 2. The predicted octanol–water partition coefficient (Wildman–Crippen LogP) is 5.16. The summed E-state index contributed by atoms with van der Waals surface area (Å²) in [5, 5.41) is 28.0. The molecule has 2 aromatic carbocycles. The molecule has 0 radical (unpaired) electrons. The standard InChI is InChI=1S/C22H19Cl3FN5O3.C2HF3O2/c1-31(4-5-32)11-17-29-19(21(25)30-17)22(33)28-10-13-2-3-16(24)20(18(13)26)34-15-7-12(9-27)6-14(23)8-15;3-2(4,5)1(6)7/h2-3,6-8,32H,4-5,10-11H2,1H3,(H,28,33)(H,29,30);(H,6,7). The number of carboxylic acid groups (broad SMARTS) is 1. The van der Waals surface area contributed by atoms with Gasteiger partial charge < -0.3 is 25.3 Å². The Morgan fingerprint density at radius 3 is 2.46 bits per heavy atom. The number of amides is 1. The van der Waals surface area contributed by atoms with Crippen molar-refractivity contribution in [3.05, 3.63) is 74.0 Å². The third kappa shape index (κ3) is 10.1. The lowest BCUT2D eigenvalue weighted by molar-refractivity contribution is -0.192. The number of halogens is 7. The second-order valence-electron chi connectivity index (χ2n) is 8.03. The minimum Gasteiger partial charge on any atom is -0.475 e. The maximum atomic E-state index is 15.1. The van der Waals surface area contributed by atoms with Gasteiger partial charge in [0, 0.05) is 23.7 Å². The molecule has 0 unspecified atom stereocenters. The Labute approximate surface area is 245 Å². The van der Waals surface area contributed by atoms with E-state index in [0.29, 0.717) is 18.9 Å². The minimum atomic E-state index is -5.08. The van der Waals surface area contributed by atoms with Crippen molar-refractivity contribution in [1.82, 2.24) is 20.2 Å². The van der Waals surface area contributed by atoms with E-state index in [-0.39, 0.29) is 56.7 Å². The number of H-pyrrole nitrogens is 1. The van der Waals surface area contributed by atoms with Crippen LogP contribution in [0.15, 0.2) is 30.3 Å². The fourth-order valence-electron chi connectivity index (χ4n) is 3.00. The molecule has 220 valence electrons. The van der Waals surface area contributed by atoms with Crippen LogP contribution in [0.25, 0.3) is 0 Å². The number of aliphatic hydroxyl groups is 1. The SMILES string of the molecule is CN(CCO)Cc1nc(C(=O)NCc2ccc(Cl)c(Oc3cc(Cl)cc(C#N)c3)c2F)c(Cl)[nH]1.O=C(O)C(F)(F)F. The Bertz CT molecular complexity index is 1450. The fraction of sp³-hybridized carbons (Fsp3) is 0.250. The number of carbonyl (C=O) groups is 2. The number of hydrogen-bond acceptors (Lipinski definition) is 7. The summed E-state index contributed by atoms with van der Waals surface area (Å²) in [4.78, 5) is 30.2. The van der Waals surface area contributed by atoms with Crippen molar-refractivity contribution in [1.29, 1.82) is 5.26 Å². The average Bonchev–Trinajstić information content (AvgIpc) is 3.25. The summed E-state index contributed by atoms with van der Waals surface area (Å²) in [6.07, 6.45) is -5.08. The summed E-state index contributed by atoms with van der Waals surface area (Å²) < 4.78 is 52.4. The number of nitrogens with one attached hydrogen (secondary N) is 2. The Kier molecular flexibility index (Phi) is 12.2. The quantitative estimate of drug-likeness (QED) is 0.234. The van der Waals surface area contributed by atoms with E-state index >= 15 is 4.39 Å². The van der Waals surface area contributed by atoms with Crippen LogP contribution in [0.1, 0.15) is 27.4 Å². The van der Waals surface area contributed by atoms with Gasteiger partial charge in [-0.3, -0.25) is 9.69 Å². The first-order chi connectivity index (χ1) is 19.2. The second-order valence-corrected chi connectivity index (χ2v) is 9.25. The third-order valence-electron chi connectivity index (χ3n) is 4.86. The molecule has 3 rings (SSSR count). The predicted molar refractivity (Wildman–Crippen MR) is 140 cm³/mol. The number of imidazole rings is 1. The molecule has 17 heteroatoms. The molecule has 0 atom stereocenters. The van der Waals surface area contributed by atoms with E-state index in [4.69, 9.17) is 59.8 Å². The molecular formula is C24H20Cl3F4N5O5. The number of nitrogens with zero attached hydrogens (tertiary/aromatic N) is 3. The lowest BCUT2D eigenvalue weighted by atomic mass is 10.2. The number of aliphatic carboxylic acids is 1. The number of nitriles is 1. The largest absolute Gasteiger partial charge is 0.490 e.